The van der Waals surface area contributed by atoms with Gasteiger partial charge >= 0.3 is 0 Å². The maximum Gasteiger partial charge on any atom is 0.257 e. The lowest BCUT2D eigenvalue weighted by Gasteiger charge is -2.28. The highest BCUT2D eigenvalue weighted by Gasteiger charge is 2.22. The van der Waals surface area contributed by atoms with Crippen LogP contribution in [0, 0.1) is 0 Å². The van der Waals surface area contributed by atoms with Crippen LogP contribution in [-0.4, -0.2) is 44.2 Å². The van der Waals surface area contributed by atoms with E-state index >= 15 is 0 Å². The number of likely N-dealkylation sites (N-methyl/N-ethyl adjacent to an activating group) is 1. The molecule has 1 aromatic rings. The summed E-state index contributed by atoms with van der Waals surface area (Å²) >= 11 is 0. The maximum absolute atomic E-state index is 12.5. The van der Waals surface area contributed by atoms with Crippen molar-refractivity contribution in [2.24, 2.45) is 0 Å². The van der Waals surface area contributed by atoms with Crippen LogP contribution in [0.1, 0.15) is 24.2 Å². The summed E-state index contributed by atoms with van der Waals surface area (Å²) in [5.74, 6) is 0.414. The van der Waals surface area contributed by atoms with Gasteiger partial charge in [-0.1, -0.05) is 0 Å². The first-order chi connectivity index (χ1) is 9.04. The molecule has 0 aromatic heterocycles. The molecule has 1 atom stereocenters. The van der Waals surface area contributed by atoms with Gasteiger partial charge in [-0.3, -0.25) is 4.79 Å². The van der Waals surface area contributed by atoms with E-state index in [0.29, 0.717) is 30.2 Å². The third-order valence-electron chi connectivity index (χ3n) is 3.00. The minimum absolute atomic E-state index is 0.00441. The number of anilines is 1. The lowest BCUT2D eigenvalue weighted by molar-refractivity contribution is 0.0576. The summed E-state index contributed by atoms with van der Waals surface area (Å²) in [6.45, 7) is 5.00. The first kappa shape index (κ1) is 15.3. The van der Waals surface area contributed by atoms with Gasteiger partial charge in [0.1, 0.15) is 5.75 Å². The van der Waals surface area contributed by atoms with Crippen molar-refractivity contribution < 1.29 is 14.3 Å². The van der Waals surface area contributed by atoms with Crippen LogP contribution >= 0.6 is 0 Å². The molecule has 0 aliphatic rings. The average molecular weight is 266 g/mol. The van der Waals surface area contributed by atoms with Crippen LogP contribution in [0.15, 0.2) is 18.2 Å². The van der Waals surface area contributed by atoms with Crippen LogP contribution in [0.2, 0.25) is 0 Å². The van der Waals surface area contributed by atoms with E-state index < -0.39 is 0 Å². The standard InChI is InChI=1S/C14H22N2O3/c1-5-16(10(2)9-18-3)14(17)12-7-6-11(15)8-13(12)19-4/h6-8,10H,5,9,15H2,1-4H3. The lowest BCUT2D eigenvalue weighted by Crippen LogP contribution is -2.41. The lowest BCUT2D eigenvalue weighted by atomic mass is 10.1. The Labute approximate surface area is 114 Å². The Balaban J connectivity index is 3.03. The fourth-order valence-corrected chi connectivity index (χ4v) is 2.03. The fourth-order valence-electron chi connectivity index (χ4n) is 2.03. The Hall–Kier alpha value is -1.75. The van der Waals surface area contributed by atoms with Gasteiger partial charge in [0.05, 0.1) is 25.3 Å². The molecule has 0 spiro atoms. The number of nitrogens with two attached hydrogens (primary N) is 1. The number of benzene rings is 1. The zero-order valence-corrected chi connectivity index (χ0v) is 12.0. The van der Waals surface area contributed by atoms with Gasteiger partial charge in [-0.05, 0) is 26.0 Å². The summed E-state index contributed by atoms with van der Waals surface area (Å²) in [4.78, 5) is 14.3. The predicted octanol–water partition coefficient (Wildman–Crippen LogP) is 1.77. The van der Waals surface area contributed by atoms with Crippen LogP contribution in [0.3, 0.4) is 0 Å². The highest BCUT2D eigenvalue weighted by atomic mass is 16.5. The normalized spacial score (nSPS) is 12.0. The maximum atomic E-state index is 12.5. The summed E-state index contributed by atoms with van der Waals surface area (Å²) in [6, 6.07) is 5.05. The second-order valence-corrected chi connectivity index (χ2v) is 4.36. The monoisotopic (exact) mass is 266 g/mol. The molecule has 5 nitrogen and oxygen atoms in total. The van der Waals surface area contributed by atoms with Gasteiger partial charge in [-0.2, -0.15) is 0 Å². The van der Waals surface area contributed by atoms with Gasteiger partial charge in [0.15, 0.2) is 0 Å². The second-order valence-electron chi connectivity index (χ2n) is 4.36. The number of hydrogen-bond donors (Lipinski definition) is 1. The highest BCUT2D eigenvalue weighted by Crippen LogP contribution is 2.23. The number of nitrogen functional groups attached to an aromatic ring is 1. The first-order valence-electron chi connectivity index (χ1n) is 6.28. The molecule has 1 amide bonds. The minimum Gasteiger partial charge on any atom is -0.496 e. The Morgan fingerprint density at radius 1 is 1.42 bits per heavy atom. The largest absolute Gasteiger partial charge is 0.496 e. The Kier molecular flexibility index (Phi) is 5.63. The molecule has 0 fully saturated rings. The summed E-state index contributed by atoms with van der Waals surface area (Å²) < 4.78 is 10.3. The number of amides is 1. The van der Waals surface area contributed by atoms with Crippen molar-refractivity contribution >= 4 is 11.6 Å². The van der Waals surface area contributed by atoms with Crippen molar-refractivity contribution in [3.63, 3.8) is 0 Å². The Morgan fingerprint density at radius 2 is 2.11 bits per heavy atom. The van der Waals surface area contributed by atoms with E-state index in [1.807, 2.05) is 13.8 Å². The van der Waals surface area contributed by atoms with E-state index in [-0.39, 0.29) is 11.9 Å². The Bertz CT molecular complexity index is 435. The van der Waals surface area contributed by atoms with Gasteiger partial charge in [0.2, 0.25) is 0 Å². The second kappa shape index (κ2) is 6.99. The van der Waals surface area contributed by atoms with Crippen LogP contribution in [0.4, 0.5) is 5.69 Å². The summed E-state index contributed by atoms with van der Waals surface area (Å²) in [7, 11) is 3.15. The summed E-state index contributed by atoms with van der Waals surface area (Å²) in [6.07, 6.45) is 0. The molecule has 1 rings (SSSR count). The number of nitrogens with zero attached hydrogens (tertiary/aromatic N) is 1. The number of carbonyl (C=O) groups excluding carboxylic acids is 1. The van der Waals surface area contributed by atoms with Crippen molar-refractivity contribution in [1.29, 1.82) is 0 Å². The topological polar surface area (TPSA) is 64.8 Å². The zero-order valence-electron chi connectivity index (χ0n) is 12.0. The summed E-state index contributed by atoms with van der Waals surface area (Å²) in [5, 5.41) is 0. The third kappa shape index (κ3) is 3.61. The molecule has 5 heteroatoms. The summed E-state index contributed by atoms with van der Waals surface area (Å²) in [5.41, 5.74) is 6.78. The quantitative estimate of drug-likeness (QED) is 0.797. The van der Waals surface area contributed by atoms with Crippen molar-refractivity contribution in [1.82, 2.24) is 4.90 Å². The molecule has 0 radical (unpaired) electrons. The molecule has 0 bridgehead atoms. The van der Waals surface area contributed by atoms with E-state index in [0.717, 1.165) is 0 Å². The molecular formula is C14H22N2O3. The van der Waals surface area contributed by atoms with Gasteiger partial charge in [-0.25, -0.2) is 0 Å². The number of ether oxygens (including phenoxy) is 2. The van der Waals surface area contributed by atoms with Gasteiger partial charge < -0.3 is 20.1 Å². The smallest absolute Gasteiger partial charge is 0.257 e. The van der Waals surface area contributed by atoms with Crippen molar-refractivity contribution in [2.75, 3.05) is 33.1 Å². The van der Waals surface area contributed by atoms with Gasteiger partial charge in [0.25, 0.3) is 5.91 Å². The number of hydrogen-bond acceptors (Lipinski definition) is 4. The zero-order chi connectivity index (χ0) is 14.4. The van der Waals surface area contributed by atoms with Crippen LogP contribution in [-0.2, 0) is 4.74 Å². The fraction of sp³-hybridized carbons (Fsp3) is 0.500. The van der Waals surface area contributed by atoms with Crippen LogP contribution in [0.25, 0.3) is 0 Å². The molecular weight excluding hydrogens is 244 g/mol. The van der Waals surface area contributed by atoms with E-state index in [2.05, 4.69) is 0 Å². The third-order valence-corrected chi connectivity index (χ3v) is 3.00. The molecule has 0 heterocycles. The SMILES string of the molecule is CCN(C(=O)c1ccc(N)cc1OC)C(C)COC. The molecule has 106 valence electrons. The van der Waals surface area contributed by atoms with Crippen molar-refractivity contribution in [3.05, 3.63) is 23.8 Å². The number of carbonyl (C=O) groups is 1. The van der Waals surface area contributed by atoms with Crippen LogP contribution in [0.5, 0.6) is 5.75 Å². The molecule has 1 aromatic carbocycles. The molecule has 0 saturated carbocycles. The Morgan fingerprint density at radius 3 is 2.63 bits per heavy atom. The van der Waals surface area contributed by atoms with Crippen molar-refractivity contribution in [3.8, 4) is 5.75 Å². The molecule has 0 saturated heterocycles. The van der Waals surface area contributed by atoms with Crippen LogP contribution < -0.4 is 10.5 Å². The van der Waals surface area contributed by atoms with E-state index in [9.17, 15) is 4.79 Å². The molecule has 19 heavy (non-hydrogen) atoms. The minimum atomic E-state index is -0.0797. The van der Waals surface area contributed by atoms with E-state index in [1.54, 1.807) is 30.2 Å². The average Bonchev–Trinajstić information content (AvgIpc) is 2.39. The molecule has 0 aliphatic heterocycles. The molecule has 0 aliphatic carbocycles. The van der Waals surface area contributed by atoms with Crippen molar-refractivity contribution in [2.45, 2.75) is 19.9 Å². The molecule has 2 N–H and O–H groups in total. The molecule has 1 unspecified atom stereocenters. The number of rotatable bonds is 6. The number of methoxy groups -OCH3 is 2. The predicted molar refractivity (Wildman–Crippen MR) is 75.5 cm³/mol. The van der Waals surface area contributed by atoms with Gasteiger partial charge in [0, 0.05) is 25.4 Å². The van der Waals surface area contributed by atoms with E-state index in [4.69, 9.17) is 15.2 Å². The highest BCUT2D eigenvalue weighted by molar-refractivity contribution is 5.97. The first-order valence-corrected chi connectivity index (χ1v) is 6.28. The van der Waals surface area contributed by atoms with E-state index in [1.165, 1.54) is 7.11 Å². The van der Waals surface area contributed by atoms with Gasteiger partial charge in [-0.15, -0.1) is 0 Å².